The number of carbonyl (C=O) groups is 1. The quantitative estimate of drug-likeness (QED) is 0.784. The number of hydrogen-bond acceptors (Lipinski definition) is 3. The van der Waals surface area contributed by atoms with Crippen LogP contribution in [-0.4, -0.2) is 11.2 Å². The fourth-order valence-electron chi connectivity index (χ4n) is 1.59. The summed E-state index contributed by atoms with van der Waals surface area (Å²) in [5, 5.41) is 11.0. The summed E-state index contributed by atoms with van der Waals surface area (Å²) < 4.78 is 5.45. The van der Waals surface area contributed by atoms with Crippen molar-refractivity contribution in [3.05, 3.63) is 45.8 Å². The molecular weight excluding hydrogens is 234 g/mol. The number of benzene rings is 1. The maximum atomic E-state index is 11.8. The van der Waals surface area contributed by atoms with Crippen molar-refractivity contribution in [1.29, 1.82) is 0 Å². The lowest BCUT2D eigenvalue weighted by atomic mass is 10.1. The highest BCUT2D eigenvalue weighted by atomic mass is 16.4. The Balaban J connectivity index is 2.57. The summed E-state index contributed by atoms with van der Waals surface area (Å²) in [5.74, 6) is 2.64. The second-order valence-electron chi connectivity index (χ2n) is 3.56. The van der Waals surface area contributed by atoms with Crippen molar-refractivity contribution in [2.75, 3.05) is 0 Å². The van der Waals surface area contributed by atoms with Gasteiger partial charge in [0, 0.05) is 6.07 Å². The Morgan fingerprint density at radius 1 is 1.50 bits per heavy atom. The van der Waals surface area contributed by atoms with Crippen LogP contribution in [-0.2, 0) is 6.54 Å². The molecule has 2 N–H and O–H groups in total. The minimum Gasteiger partial charge on any atom is -0.465 e. The SMILES string of the molecule is C#Cc1cccc2c(=O)cc(CNC(=O)O)oc12. The molecule has 0 unspecified atom stereocenters. The van der Waals surface area contributed by atoms with Crippen molar-refractivity contribution >= 4 is 17.1 Å². The van der Waals surface area contributed by atoms with Gasteiger partial charge in [-0.3, -0.25) is 4.79 Å². The summed E-state index contributed by atoms with van der Waals surface area (Å²) in [6.45, 7) is -0.0839. The first-order valence-electron chi connectivity index (χ1n) is 5.11. The lowest BCUT2D eigenvalue weighted by molar-refractivity contribution is 0.193. The van der Waals surface area contributed by atoms with E-state index < -0.39 is 6.09 Å². The smallest absolute Gasteiger partial charge is 0.405 e. The van der Waals surface area contributed by atoms with Crippen LogP contribution in [0.5, 0.6) is 0 Å². The molecular formula is C13H9NO4. The molecule has 2 aromatic rings. The summed E-state index contributed by atoms with van der Waals surface area (Å²) in [6.07, 6.45) is 4.12. The third kappa shape index (κ3) is 2.18. The summed E-state index contributed by atoms with van der Waals surface area (Å²) in [7, 11) is 0. The van der Waals surface area contributed by atoms with E-state index in [-0.39, 0.29) is 17.7 Å². The molecule has 1 heterocycles. The molecule has 0 aliphatic heterocycles. The second kappa shape index (κ2) is 4.63. The number of carboxylic acid groups (broad SMARTS) is 1. The summed E-state index contributed by atoms with van der Waals surface area (Å²) in [5.41, 5.74) is 0.506. The number of nitrogens with one attached hydrogen (secondary N) is 1. The summed E-state index contributed by atoms with van der Waals surface area (Å²) >= 11 is 0. The molecule has 0 atom stereocenters. The topological polar surface area (TPSA) is 79.5 Å². The molecule has 1 aromatic carbocycles. The van der Waals surface area contributed by atoms with Gasteiger partial charge in [0.2, 0.25) is 0 Å². The molecule has 5 heteroatoms. The van der Waals surface area contributed by atoms with E-state index in [0.29, 0.717) is 16.5 Å². The van der Waals surface area contributed by atoms with Crippen LogP contribution in [0, 0.1) is 12.3 Å². The molecule has 0 fully saturated rings. The van der Waals surface area contributed by atoms with Crippen LogP contribution >= 0.6 is 0 Å². The standard InChI is InChI=1S/C13H9NO4/c1-2-8-4-3-5-10-11(15)6-9(18-12(8)10)7-14-13(16)17/h1,3-6,14H,7H2,(H,16,17). The Kier molecular flexibility index (Phi) is 3.02. The lowest BCUT2D eigenvalue weighted by Crippen LogP contribution is -2.20. The van der Waals surface area contributed by atoms with E-state index in [0.717, 1.165) is 0 Å². The van der Waals surface area contributed by atoms with Gasteiger partial charge >= 0.3 is 6.09 Å². The van der Waals surface area contributed by atoms with E-state index in [1.54, 1.807) is 18.2 Å². The minimum atomic E-state index is -1.19. The van der Waals surface area contributed by atoms with Crippen LogP contribution in [0.2, 0.25) is 0 Å². The number of fused-ring (bicyclic) bond motifs is 1. The first-order chi connectivity index (χ1) is 8.61. The van der Waals surface area contributed by atoms with Gasteiger partial charge in [-0.1, -0.05) is 12.0 Å². The molecule has 0 aliphatic carbocycles. The predicted octanol–water partition coefficient (Wildman–Crippen LogP) is 1.54. The van der Waals surface area contributed by atoms with E-state index in [2.05, 4.69) is 11.2 Å². The predicted molar refractivity (Wildman–Crippen MR) is 65.3 cm³/mol. The van der Waals surface area contributed by atoms with Crippen LogP contribution in [0.3, 0.4) is 0 Å². The molecule has 1 aromatic heterocycles. The highest BCUT2D eigenvalue weighted by Crippen LogP contribution is 2.16. The van der Waals surface area contributed by atoms with Crippen molar-refractivity contribution in [3.8, 4) is 12.3 Å². The highest BCUT2D eigenvalue weighted by Gasteiger charge is 2.08. The van der Waals surface area contributed by atoms with Crippen molar-refractivity contribution in [3.63, 3.8) is 0 Å². The van der Waals surface area contributed by atoms with Crippen molar-refractivity contribution in [2.24, 2.45) is 0 Å². The monoisotopic (exact) mass is 243 g/mol. The number of hydrogen-bond donors (Lipinski definition) is 2. The van der Waals surface area contributed by atoms with Gasteiger partial charge in [0.15, 0.2) is 11.0 Å². The molecule has 0 spiro atoms. The Labute approximate surface area is 102 Å². The fourth-order valence-corrected chi connectivity index (χ4v) is 1.59. The summed E-state index contributed by atoms with van der Waals surface area (Å²) in [4.78, 5) is 22.2. The molecule has 90 valence electrons. The molecule has 0 saturated carbocycles. The van der Waals surface area contributed by atoms with Crippen LogP contribution in [0.4, 0.5) is 4.79 Å². The van der Waals surface area contributed by atoms with Crippen LogP contribution in [0.25, 0.3) is 11.0 Å². The van der Waals surface area contributed by atoms with Crippen LogP contribution < -0.4 is 10.7 Å². The number of rotatable bonds is 2. The molecule has 0 radical (unpaired) electrons. The zero-order chi connectivity index (χ0) is 13.1. The van der Waals surface area contributed by atoms with E-state index >= 15 is 0 Å². The zero-order valence-corrected chi connectivity index (χ0v) is 9.27. The third-order valence-electron chi connectivity index (χ3n) is 2.38. The second-order valence-corrected chi connectivity index (χ2v) is 3.56. The molecule has 2 rings (SSSR count). The minimum absolute atomic E-state index is 0.0839. The van der Waals surface area contributed by atoms with E-state index in [9.17, 15) is 9.59 Å². The maximum absolute atomic E-state index is 11.8. The van der Waals surface area contributed by atoms with Crippen molar-refractivity contribution < 1.29 is 14.3 Å². The Bertz CT molecular complexity index is 709. The van der Waals surface area contributed by atoms with E-state index in [4.69, 9.17) is 15.9 Å². The Morgan fingerprint density at radius 2 is 2.28 bits per heavy atom. The van der Waals surface area contributed by atoms with Gasteiger partial charge < -0.3 is 14.8 Å². The van der Waals surface area contributed by atoms with Gasteiger partial charge in [-0.25, -0.2) is 4.79 Å². The lowest BCUT2D eigenvalue weighted by Gasteiger charge is -2.04. The maximum Gasteiger partial charge on any atom is 0.405 e. The molecule has 0 saturated heterocycles. The Morgan fingerprint density at radius 3 is 2.94 bits per heavy atom. The largest absolute Gasteiger partial charge is 0.465 e. The molecule has 1 amide bonds. The average Bonchev–Trinajstić information content (AvgIpc) is 2.36. The number of amides is 1. The number of terminal acetylenes is 1. The van der Waals surface area contributed by atoms with Crippen LogP contribution in [0.15, 0.2) is 33.5 Å². The van der Waals surface area contributed by atoms with Crippen molar-refractivity contribution in [2.45, 2.75) is 6.54 Å². The van der Waals surface area contributed by atoms with Gasteiger partial charge in [0.05, 0.1) is 17.5 Å². The normalized spacial score (nSPS) is 9.94. The summed E-state index contributed by atoms with van der Waals surface area (Å²) in [6, 6.07) is 6.18. The average molecular weight is 243 g/mol. The van der Waals surface area contributed by atoms with E-state index in [1.807, 2.05) is 0 Å². The van der Waals surface area contributed by atoms with Gasteiger partial charge in [0.1, 0.15) is 5.76 Å². The molecule has 5 nitrogen and oxygen atoms in total. The van der Waals surface area contributed by atoms with Gasteiger partial charge in [-0.05, 0) is 12.1 Å². The van der Waals surface area contributed by atoms with Gasteiger partial charge in [-0.2, -0.15) is 0 Å². The third-order valence-corrected chi connectivity index (χ3v) is 2.38. The molecule has 0 bridgehead atoms. The van der Waals surface area contributed by atoms with Gasteiger partial charge in [0.25, 0.3) is 0 Å². The van der Waals surface area contributed by atoms with Gasteiger partial charge in [-0.15, -0.1) is 6.42 Å². The van der Waals surface area contributed by atoms with Crippen LogP contribution in [0.1, 0.15) is 11.3 Å². The molecule has 0 aliphatic rings. The van der Waals surface area contributed by atoms with E-state index in [1.165, 1.54) is 6.07 Å². The highest BCUT2D eigenvalue weighted by molar-refractivity contribution is 5.82. The first kappa shape index (κ1) is 11.7. The number of para-hydroxylation sites is 1. The molecule has 18 heavy (non-hydrogen) atoms. The zero-order valence-electron chi connectivity index (χ0n) is 9.27. The Hall–Kier alpha value is -2.74. The van der Waals surface area contributed by atoms with Crippen molar-refractivity contribution in [1.82, 2.24) is 5.32 Å². The first-order valence-corrected chi connectivity index (χ1v) is 5.11. The fraction of sp³-hybridized carbons (Fsp3) is 0.0769.